The molecular formula is C12H20ClNO4S. The van der Waals surface area contributed by atoms with Gasteiger partial charge in [0.1, 0.15) is 5.25 Å². The van der Waals surface area contributed by atoms with Crippen molar-refractivity contribution < 1.29 is 17.9 Å². The van der Waals surface area contributed by atoms with Crippen LogP contribution in [0, 0.1) is 0 Å². The zero-order valence-corrected chi connectivity index (χ0v) is 12.4. The number of amides is 1. The number of nitrogens with one attached hydrogen (secondary N) is 1. The van der Waals surface area contributed by atoms with E-state index >= 15 is 0 Å². The Kier molecular flexibility index (Phi) is 4.74. The maximum absolute atomic E-state index is 12.3. The minimum absolute atomic E-state index is 0.113. The van der Waals surface area contributed by atoms with Gasteiger partial charge in [0.25, 0.3) is 0 Å². The first kappa shape index (κ1) is 15.1. The SMILES string of the molecule is O=C(NC1(CCl)CCOCC1)C1CCCCS1(=O)=O. The number of sulfone groups is 1. The Morgan fingerprint density at radius 1 is 1.32 bits per heavy atom. The second-order valence-corrected chi connectivity index (χ2v) is 7.94. The Morgan fingerprint density at radius 3 is 2.58 bits per heavy atom. The highest BCUT2D eigenvalue weighted by molar-refractivity contribution is 7.92. The Bertz CT molecular complexity index is 431. The van der Waals surface area contributed by atoms with E-state index in [1.54, 1.807) is 0 Å². The van der Waals surface area contributed by atoms with Gasteiger partial charge in [0.05, 0.1) is 11.3 Å². The molecule has 0 aromatic rings. The topological polar surface area (TPSA) is 72.5 Å². The Morgan fingerprint density at radius 2 is 2.00 bits per heavy atom. The molecule has 2 aliphatic rings. The summed E-state index contributed by atoms with van der Waals surface area (Å²) in [5.74, 6) is 0.0129. The summed E-state index contributed by atoms with van der Waals surface area (Å²) in [5, 5.41) is 1.98. The second-order valence-electron chi connectivity index (χ2n) is 5.37. The molecule has 1 N–H and O–H groups in total. The van der Waals surface area contributed by atoms with Gasteiger partial charge >= 0.3 is 0 Å². The van der Waals surface area contributed by atoms with E-state index in [1.165, 1.54) is 0 Å². The summed E-state index contributed by atoms with van der Waals surface area (Å²) in [4.78, 5) is 12.3. The summed E-state index contributed by atoms with van der Waals surface area (Å²) in [6.45, 7) is 1.09. The molecule has 2 fully saturated rings. The minimum atomic E-state index is -3.29. The van der Waals surface area contributed by atoms with Gasteiger partial charge in [0, 0.05) is 19.1 Å². The highest BCUT2D eigenvalue weighted by Crippen LogP contribution is 2.25. The first-order chi connectivity index (χ1) is 8.99. The molecule has 1 amide bonds. The first-order valence-corrected chi connectivity index (χ1v) is 8.91. The molecule has 0 aromatic carbocycles. The van der Waals surface area contributed by atoms with Gasteiger partial charge in [-0.3, -0.25) is 4.79 Å². The summed E-state index contributed by atoms with van der Waals surface area (Å²) in [6, 6.07) is 0. The van der Waals surface area contributed by atoms with E-state index in [9.17, 15) is 13.2 Å². The molecule has 0 aliphatic carbocycles. The van der Waals surface area contributed by atoms with Gasteiger partial charge in [-0.15, -0.1) is 11.6 Å². The predicted molar refractivity (Wildman–Crippen MR) is 73.1 cm³/mol. The first-order valence-electron chi connectivity index (χ1n) is 6.66. The van der Waals surface area contributed by atoms with Crippen molar-refractivity contribution in [2.75, 3.05) is 24.8 Å². The minimum Gasteiger partial charge on any atom is -0.381 e. The fourth-order valence-corrected chi connectivity index (χ4v) is 4.78. The van der Waals surface area contributed by atoms with E-state index in [1.807, 2.05) is 0 Å². The Balaban J connectivity index is 2.07. The fraction of sp³-hybridized carbons (Fsp3) is 0.917. The standard InChI is InChI=1S/C12H20ClNO4S/c13-9-12(4-6-18-7-5-12)14-11(15)10-3-1-2-8-19(10,16)17/h10H,1-9H2,(H,14,15). The average molecular weight is 310 g/mol. The third-order valence-corrected chi connectivity index (χ3v) is 6.65. The van der Waals surface area contributed by atoms with Crippen LogP contribution in [0.2, 0.25) is 0 Å². The molecule has 0 aromatic heterocycles. The lowest BCUT2D eigenvalue weighted by molar-refractivity contribution is -0.123. The van der Waals surface area contributed by atoms with E-state index in [0.717, 1.165) is 6.42 Å². The molecule has 0 saturated carbocycles. The van der Waals surface area contributed by atoms with E-state index in [2.05, 4.69) is 5.32 Å². The third kappa shape index (κ3) is 3.41. The quantitative estimate of drug-likeness (QED) is 0.785. The second kappa shape index (κ2) is 5.97. The number of carbonyl (C=O) groups excluding carboxylic acids is 1. The van der Waals surface area contributed by atoms with Gasteiger partial charge in [0.2, 0.25) is 5.91 Å². The monoisotopic (exact) mass is 309 g/mol. The van der Waals surface area contributed by atoms with Crippen molar-refractivity contribution in [3.05, 3.63) is 0 Å². The number of halogens is 1. The van der Waals surface area contributed by atoms with Crippen molar-refractivity contribution in [2.24, 2.45) is 0 Å². The van der Waals surface area contributed by atoms with Crippen LogP contribution in [0.4, 0.5) is 0 Å². The number of ether oxygens (including phenoxy) is 1. The molecule has 110 valence electrons. The van der Waals surface area contributed by atoms with Crippen molar-refractivity contribution in [3.63, 3.8) is 0 Å². The molecular weight excluding hydrogens is 290 g/mol. The zero-order chi connectivity index (χ0) is 13.9. The molecule has 1 atom stereocenters. The van der Waals surface area contributed by atoms with Crippen LogP contribution >= 0.6 is 11.6 Å². The van der Waals surface area contributed by atoms with Crippen LogP contribution in [-0.2, 0) is 19.4 Å². The lowest BCUT2D eigenvalue weighted by atomic mass is 9.92. The lowest BCUT2D eigenvalue weighted by Crippen LogP contribution is -2.57. The summed E-state index contributed by atoms with van der Waals surface area (Å²) in [7, 11) is -3.29. The van der Waals surface area contributed by atoms with E-state index < -0.39 is 20.6 Å². The van der Waals surface area contributed by atoms with E-state index in [0.29, 0.717) is 38.9 Å². The van der Waals surface area contributed by atoms with Crippen LogP contribution in [0.25, 0.3) is 0 Å². The number of hydrogen-bond donors (Lipinski definition) is 1. The number of carbonyl (C=O) groups is 1. The van der Waals surface area contributed by atoms with Gasteiger partial charge in [-0.1, -0.05) is 6.42 Å². The third-order valence-electron chi connectivity index (χ3n) is 3.97. The van der Waals surface area contributed by atoms with Crippen LogP contribution in [0.1, 0.15) is 32.1 Å². The number of alkyl halides is 1. The van der Waals surface area contributed by atoms with Gasteiger partial charge in [0.15, 0.2) is 9.84 Å². The smallest absolute Gasteiger partial charge is 0.238 e. The highest BCUT2D eigenvalue weighted by Gasteiger charge is 2.40. The van der Waals surface area contributed by atoms with Gasteiger partial charge in [-0.2, -0.15) is 0 Å². The molecule has 0 spiro atoms. The van der Waals surface area contributed by atoms with Crippen molar-refractivity contribution in [3.8, 4) is 0 Å². The average Bonchev–Trinajstić information content (AvgIpc) is 2.39. The summed E-state index contributed by atoms with van der Waals surface area (Å²) >= 11 is 5.97. The maximum atomic E-state index is 12.3. The Labute approximate surface area is 118 Å². The van der Waals surface area contributed by atoms with Crippen LogP contribution in [0.5, 0.6) is 0 Å². The largest absolute Gasteiger partial charge is 0.381 e. The Hall–Kier alpha value is -0.330. The lowest BCUT2D eigenvalue weighted by Gasteiger charge is -2.37. The predicted octanol–water partition coefficient (Wildman–Crippen LogP) is 0.858. The summed E-state index contributed by atoms with van der Waals surface area (Å²) in [5.41, 5.74) is -0.510. The molecule has 2 saturated heterocycles. The van der Waals surface area contributed by atoms with E-state index in [4.69, 9.17) is 16.3 Å². The molecule has 1 unspecified atom stereocenters. The van der Waals surface area contributed by atoms with Crippen LogP contribution < -0.4 is 5.32 Å². The molecule has 7 heteroatoms. The fourth-order valence-electron chi connectivity index (χ4n) is 2.64. The van der Waals surface area contributed by atoms with Gasteiger partial charge < -0.3 is 10.1 Å². The molecule has 5 nitrogen and oxygen atoms in total. The van der Waals surface area contributed by atoms with E-state index in [-0.39, 0.29) is 17.5 Å². The molecule has 0 bridgehead atoms. The van der Waals surface area contributed by atoms with Crippen molar-refractivity contribution >= 4 is 27.3 Å². The van der Waals surface area contributed by atoms with Crippen LogP contribution in [0.3, 0.4) is 0 Å². The van der Waals surface area contributed by atoms with Crippen molar-refractivity contribution in [2.45, 2.75) is 42.9 Å². The van der Waals surface area contributed by atoms with Crippen LogP contribution in [-0.4, -0.2) is 50.0 Å². The summed E-state index contributed by atoms with van der Waals surface area (Å²) in [6.07, 6.45) is 3.13. The summed E-state index contributed by atoms with van der Waals surface area (Å²) < 4.78 is 29.1. The van der Waals surface area contributed by atoms with Crippen LogP contribution in [0.15, 0.2) is 0 Å². The molecule has 19 heavy (non-hydrogen) atoms. The molecule has 0 radical (unpaired) electrons. The zero-order valence-electron chi connectivity index (χ0n) is 10.9. The molecule has 2 heterocycles. The van der Waals surface area contributed by atoms with Crippen molar-refractivity contribution in [1.29, 1.82) is 0 Å². The van der Waals surface area contributed by atoms with Crippen molar-refractivity contribution in [1.82, 2.24) is 5.32 Å². The number of hydrogen-bond acceptors (Lipinski definition) is 4. The molecule has 2 rings (SSSR count). The maximum Gasteiger partial charge on any atom is 0.238 e. The normalized spacial score (nSPS) is 29.6. The number of rotatable bonds is 3. The molecule has 2 aliphatic heterocycles. The highest BCUT2D eigenvalue weighted by atomic mass is 35.5. The van der Waals surface area contributed by atoms with Gasteiger partial charge in [-0.25, -0.2) is 8.42 Å². The van der Waals surface area contributed by atoms with Gasteiger partial charge in [-0.05, 0) is 25.7 Å².